The van der Waals surface area contributed by atoms with Gasteiger partial charge in [-0.3, -0.25) is 9.36 Å². The monoisotopic (exact) mass is 285 g/mol. The summed E-state index contributed by atoms with van der Waals surface area (Å²) in [6.07, 6.45) is 0. The van der Waals surface area contributed by atoms with Gasteiger partial charge in [0.2, 0.25) is 0 Å². The third-order valence-electron chi connectivity index (χ3n) is 3.26. The third kappa shape index (κ3) is 1.75. The molecule has 0 saturated carbocycles. The van der Waals surface area contributed by atoms with E-state index in [0.717, 1.165) is 0 Å². The van der Waals surface area contributed by atoms with E-state index in [1.165, 1.54) is 15.9 Å². The highest BCUT2D eigenvalue weighted by atomic mass is 32.1. The molecular weight excluding hydrogens is 274 g/mol. The zero-order chi connectivity index (χ0) is 14.3. The van der Waals surface area contributed by atoms with Crippen LogP contribution < -0.4 is 0 Å². The fourth-order valence-electron chi connectivity index (χ4n) is 2.41. The largest absolute Gasteiger partial charge is 0.478 e. The second-order valence-corrected chi connectivity index (χ2v) is 5.35. The molecule has 2 aromatic heterocycles. The Morgan fingerprint density at radius 3 is 2.55 bits per heavy atom. The van der Waals surface area contributed by atoms with Crippen LogP contribution in [0.5, 0.6) is 0 Å². The third-order valence-corrected chi connectivity index (χ3v) is 4.12. The molecule has 20 heavy (non-hydrogen) atoms. The second kappa shape index (κ2) is 4.61. The van der Waals surface area contributed by atoms with Crippen LogP contribution in [0, 0.1) is 6.92 Å². The first-order valence-electron chi connectivity index (χ1n) is 6.03. The molecule has 100 valence electrons. The Morgan fingerprint density at radius 1 is 1.15 bits per heavy atom. The van der Waals surface area contributed by atoms with Gasteiger partial charge in [-0.2, -0.15) is 0 Å². The lowest BCUT2D eigenvalue weighted by atomic mass is 10.1. The first kappa shape index (κ1) is 12.6. The molecule has 1 N–H and O–H groups in total. The van der Waals surface area contributed by atoms with E-state index in [1.54, 1.807) is 43.3 Å². The molecular formula is C15H11NO3S. The van der Waals surface area contributed by atoms with E-state index in [1.807, 2.05) is 5.38 Å². The first-order chi connectivity index (χ1) is 9.61. The van der Waals surface area contributed by atoms with Crippen LogP contribution in [0.3, 0.4) is 0 Å². The summed E-state index contributed by atoms with van der Waals surface area (Å²) < 4.78 is 1.48. The Bertz CT molecular complexity index is 815. The molecule has 0 fully saturated rings. The van der Waals surface area contributed by atoms with Gasteiger partial charge in [0.1, 0.15) is 0 Å². The molecule has 3 aromatic rings. The molecule has 0 saturated heterocycles. The molecule has 0 amide bonds. The van der Waals surface area contributed by atoms with E-state index in [4.69, 9.17) is 0 Å². The Kier molecular flexibility index (Phi) is 2.91. The van der Waals surface area contributed by atoms with E-state index >= 15 is 0 Å². The minimum atomic E-state index is -1.02. The van der Waals surface area contributed by atoms with Crippen molar-refractivity contribution in [2.45, 2.75) is 6.92 Å². The smallest absolute Gasteiger partial charge is 0.338 e. The standard InChI is InChI=1S/C15H11NO3S/c1-9-13(15(18)19)10-5-2-3-6-11(10)16(9)14(17)12-7-4-8-20-12/h2-8H,1H3,(H,18,19). The lowest BCUT2D eigenvalue weighted by molar-refractivity contribution is 0.0698. The lowest BCUT2D eigenvalue weighted by Gasteiger charge is -2.04. The number of carboxylic acid groups (broad SMARTS) is 1. The number of hydrogen-bond acceptors (Lipinski definition) is 3. The number of rotatable bonds is 2. The molecule has 0 aliphatic heterocycles. The van der Waals surface area contributed by atoms with Gasteiger partial charge in [0.15, 0.2) is 0 Å². The van der Waals surface area contributed by atoms with Crippen LogP contribution in [0.2, 0.25) is 0 Å². The van der Waals surface area contributed by atoms with Crippen LogP contribution in [0.15, 0.2) is 41.8 Å². The number of nitrogens with zero attached hydrogens (tertiary/aromatic N) is 1. The highest BCUT2D eigenvalue weighted by Gasteiger charge is 2.23. The predicted molar refractivity (Wildman–Crippen MR) is 77.7 cm³/mol. The van der Waals surface area contributed by atoms with Gasteiger partial charge in [-0.05, 0) is 24.4 Å². The molecule has 0 aliphatic carbocycles. The summed E-state index contributed by atoms with van der Waals surface area (Å²) in [5.74, 6) is -1.21. The van der Waals surface area contributed by atoms with Crippen molar-refractivity contribution < 1.29 is 14.7 Å². The minimum absolute atomic E-state index is 0.186. The summed E-state index contributed by atoms with van der Waals surface area (Å²) in [6, 6.07) is 10.6. The molecule has 0 aliphatic rings. The molecule has 0 spiro atoms. The normalized spacial score (nSPS) is 10.8. The fraction of sp³-hybridized carbons (Fsp3) is 0.0667. The highest BCUT2D eigenvalue weighted by Crippen LogP contribution is 2.27. The summed E-state index contributed by atoms with van der Waals surface area (Å²) in [6.45, 7) is 1.66. The van der Waals surface area contributed by atoms with Gasteiger partial charge in [-0.1, -0.05) is 24.3 Å². The van der Waals surface area contributed by atoms with Crippen LogP contribution >= 0.6 is 11.3 Å². The van der Waals surface area contributed by atoms with E-state index < -0.39 is 5.97 Å². The average molecular weight is 285 g/mol. The van der Waals surface area contributed by atoms with E-state index in [9.17, 15) is 14.7 Å². The van der Waals surface area contributed by atoms with Crippen molar-refractivity contribution in [1.29, 1.82) is 0 Å². The summed E-state index contributed by atoms with van der Waals surface area (Å²) >= 11 is 1.34. The van der Waals surface area contributed by atoms with Gasteiger partial charge in [0, 0.05) is 11.1 Å². The van der Waals surface area contributed by atoms with Crippen LogP contribution in [0.1, 0.15) is 25.7 Å². The van der Waals surface area contributed by atoms with Crippen molar-refractivity contribution in [2.75, 3.05) is 0 Å². The number of hydrogen-bond donors (Lipinski definition) is 1. The first-order valence-corrected chi connectivity index (χ1v) is 6.90. The van der Waals surface area contributed by atoms with Gasteiger partial charge in [-0.15, -0.1) is 11.3 Å². The Balaban J connectivity index is 2.34. The van der Waals surface area contributed by atoms with E-state index in [0.29, 0.717) is 21.5 Å². The van der Waals surface area contributed by atoms with Gasteiger partial charge in [0.25, 0.3) is 5.91 Å². The maximum atomic E-state index is 12.6. The summed E-state index contributed by atoms with van der Waals surface area (Å²) in [4.78, 5) is 24.6. The average Bonchev–Trinajstić information content (AvgIpc) is 3.02. The summed E-state index contributed by atoms with van der Waals surface area (Å²) in [7, 11) is 0. The molecule has 3 rings (SSSR count). The Labute approximate surface area is 118 Å². The van der Waals surface area contributed by atoms with Gasteiger partial charge >= 0.3 is 5.97 Å². The van der Waals surface area contributed by atoms with Crippen molar-refractivity contribution in [3.8, 4) is 0 Å². The van der Waals surface area contributed by atoms with E-state index in [2.05, 4.69) is 0 Å². The Morgan fingerprint density at radius 2 is 1.90 bits per heavy atom. The minimum Gasteiger partial charge on any atom is -0.478 e. The van der Waals surface area contributed by atoms with Crippen molar-refractivity contribution >= 4 is 34.1 Å². The SMILES string of the molecule is Cc1c(C(=O)O)c2ccccc2n1C(=O)c1cccs1. The number of carboxylic acids is 1. The summed E-state index contributed by atoms with van der Waals surface area (Å²) in [5.41, 5.74) is 1.27. The lowest BCUT2D eigenvalue weighted by Crippen LogP contribution is -2.12. The van der Waals surface area contributed by atoms with Gasteiger partial charge in [-0.25, -0.2) is 4.79 Å². The molecule has 0 radical (unpaired) electrons. The second-order valence-electron chi connectivity index (χ2n) is 4.40. The maximum absolute atomic E-state index is 12.6. The Hall–Kier alpha value is -2.40. The zero-order valence-corrected chi connectivity index (χ0v) is 11.5. The van der Waals surface area contributed by atoms with Crippen molar-refractivity contribution in [2.24, 2.45) is 0 Å². The number of aromatic nitrogens is 1. The topological polar surface area (TPSA) is 59.3 Å². The van der Waals surface area contributed by atoms with Crippen LogP contribution in [0.25, 0.3) is 10.9 Å². The number of carbonyl (C=O) groups excluding carboxylic acids is 1. The predicted octanol–water partition coefficient (Wildman–Crippen LogP) is 3.40. The molecule has 0 bridgehead atoms. The fourth-order valence-corrected chi connectivity index (χ4v) is 3.06. The van der Waals surface area contributed by atoms with Gasteiger partial charge in [0.05, 0.1) is 16.0 Å². The van der Waals surface area contributed by atoms with Crippen molar-refractivity contribution in [3.63, 3.8) is 0 Å². The molecule has 4 nitrogen and oxygen atoms in total. The van der Waals surface area contributed by atoms with Crippen LogP contribution in [0.4, 0.5) is 0 Å². The van der Waals surface area contributed by atoms with Gasteiger partial charge < -0.3 is 5.11 Å². The van der Waals surface area contributed by atoms with Crippen molar-refractivity contribution in [1.82, 2.24) is 4.57 Å². The quantitative estimate of drug-likeness (QED) is 0.785. The van der Waals surface area contributed by atoms with Crippen LogP contribution in [-0.4, -0.2) is 21.6 Å². The molecule has 5 heteroatoms. The molecule has 1 aromatic carbocycles. The number of fused-ring (bicyclic) bond motifs is 1. The highest BCUT2D eigenvalue weighted by molar-refractivity contribution is 7.12. The zero-order valence-electron chi connectivity index (χ0n) is 10.7. The number of thiophene rings is 1. The maximum Gasteiger partial charge on any atom is 0.338 e. The van der Waals surface area contributed by atoms with Crippen LogP contribution in [-0.2, 0) is 0 Å². The molecule has 2 heterocycles. The number of para-hydroxylation sites is 1. The van der Waals surface area contributed by atoms with E-state index in [-0.39, 0.29) is 11.5 Å². The molecule has 0 atom stereocenters. The molecule has 0 unspecified atom stereocenters. The number of aromatic carboxylic acids is 1. The summed E-state index contributed by atoms with van der Waals surface area (Å²) in [5, 5.41) is 11.8. The number of carbonyl (C=O) groups is 2. The number of benzene rings is 1. The van der Waals surface area contributed by atoms with Crippen molar-refractivity contribution in [3.05, 3.63) is 57.9 Å².